The minimum Gasteiger partial charge on any atom is -0.453 e. The summed E-state index contributed by atoms with van der Waals surface area (Å²) in [6.07, 6.45) is 5.73. The highest BCUT2D eigenvalue weighted by molar-refractivity contribution is 5.91. The molecule has 1 unspecified atom stereocenters. The van der Waals surface area contributed by atoms with Gasteiger partial charge in [0, 0.05) is 38.6 Å². The van der Waals surface area contributed by atoms with Crippen molar-refractivity contribution < 1.29 is 13.9 Å². The Morgan fingerprint density at radius 2 is 2.38 bits per heavy atom. The van der Waals surface area contributed by atoms with Gasteiger partial charge >= 0.3 is 0 Å². The Balaban J connectivity index is 1.53. The number of rotatable bonds is 6. The first-order valence-electron chi connectivity index (χ1n) is 8.24. The molecule has 0 spiro atoms. The highest BCUT2D eigenvalue weighted by atomic mass is 16.5. The van der Waals surface area contributed by atoms with Crippen LogP contribution in [0.1, 0.15) is 34.7 Å². The minimum absolute atomic E-state index is 0.138. The van der Waals surface area contributed by atoms with E-state index >= 15 is 0 Å². The highest BCUT2D eigenvalue weighted by Crippen LogP contribution is 2.15. The van der Waals surface area contributed by atoms with E-state index in [0.29, 0.717) is 18.1 Å². The van der Waals surface area contributed by atoms with Crippen molar-refractivity contribution >= 4 is 5.91 Å². The maximum absolute atomic E-state index is 12.3. The van der Waals surface area contributed by atoms with Gasteiger partial charge in [-0.3, -0.25) is 14.7 Å². The summed E-state index contributed by atoms with van der Waals surface area (Å²) in [6.45, 7) is 3.11. The van der Waals surface area contributed by atoms with Crippen molar-refractivity contribution in [3.63, 3.8) is 0 Å². The van der Waals surface area contributed by atoms with Crippen LogP contribution < -0.4 is 5.32 Å². The monoisotopic (exact) mass is 329 g/mol. The van der Waals surface area contributed by atoms with Gasteiger partial charge in [0.1, 0.15) is 12.4 Å². The predicted molar refractivity (Wildman–Crippen MR) is 89.4 cm³/mol. The van der Waals surface area contributed by atoms with Gasteiger partial charge in [-0.15, -0.1) is 0 Å². The first-order valence-corrected chi connectivity index (χ1v) is 8.24. The summed E-state index contributed by atoms with van der Waals surface area (Å²) in [6, 6.07) is 7.63. The average Bonchev–Trinajstić information content (AvgIpc) is 3.05. The van der Waals surface area contributed by atoms with E-state index in [4.69, 9.17) is 9.15 Å². The lowest BCUT2D eigenvalue weighted by atomic mass is 10.0. The van der Waals surface area contributed by atoms with Crippen molar-refractivity contribution in [2.24, 2.45) is 0 Å². The molecule has 2 aromatic rings. The number of aromatic nitrogens is 1. The van der Waals surface area contributed by atoms with Crippen LogP contribution in [-0.2, 0) is 17.9 Å². The molecular formula is C18H23N3O3. The van der Waals surface area contributed by atoms with Gasteiger partial charge in [0.05, 0.1) is 0 Å². The Labute approximate surface area is 141 Å². The van der Waals surface area contributed by atoms with Crippen LogP contribution in [0.3, 0.4) is 0 Å². The Bertz CT molecular complexity index is 657. The van der Waals surface area contributed by atoms with Crippen molar-refractivity contribution in [1.29, 1.82) is 0 Å². The maximum Gasteiger partial charge on any atom is 0.287 e. The van der Waals surface area contributed by atoms with E-state index in [2.05, 4.69) is 21.3 Å². The fraction of sp³-hybridized carbons (Fsp3) is 0.444. The number of hydrogen-bond acceptors (Lipinski definition) is 5. The van der Waals surface area contributed by atoms with Gasteiger partial charge in [-0.05, 0) is 43.1 Å². The zero-order valence-corrected chi connectivity index (χ0v) is 13.9. The molecule has 1 N–H and O–H groups in total. The van der Waals surface area contributed by atoms with Crippen LogP contribution in [0.15, 0.2) is 41.1 Å². The van der Waals surface area contributed by atoms with E-state index < -0.39 is 0 Å². The van der Waals surface area contributed by atoms with E-state index in [1.807, 2.05) is 12.3 Å². The Hall–Kier alpha value is -2.18. The highest BCUT2D eigenvalue weighted by Gasteiger charge is 2.23. The number of carbonyl (C=O) groups is 1. The summed E-state index contributed by atoms with van der Waals surface area (Å²) >= 11 is 0. The number of hydrogen-bond donors (Lipinski definition) is 1. The number of pyridine rings is 1. The third-order valence-corrected chi connectivity index (χ3v) is 4.14. The molecule has 24 heavy (non-hydrogen) atoms. The fourth-order valence-electron chi connectivity index (χ4n) is 3.04. The minimum atomic E-state index is -0.161. The topological polar surface area (TPSA) is 67.6 Å². The number of nitrogens with one attached hydrogen (secondary N) is 1. The number of methoxy groups -OCH3 is 1. The third kappa shape index (κ3) is 4.43. The zero-order valence-electron chi connectivity index (χ0n) is 13.9. The molecule has 1 aliphatic rings. The molecule has 1 aliphatic heterocycles. The SMILES string of the molecule is COCc1ccc(C(=O)NC2CCCN(Cc3cccnc3)C2)o1. The molecule has 0 saturated carbocycles. The number of furan rings is 1. The second-order valence-electron chi connectivity index (χ2n) is 6.11. The molecule has 1 fully saturated rings. The lowest BCUT2D eigenvalue weighted by Gasteiger charge is -2.32. The second kappa shape index (κ2) is 8.08. The standard InChI is InChI=1S/C18H23N3O3/c1-23-13-16-6-7-17(24-16)18(22)20-15-5-3-9-21(12-15)11-14-4-2-8-19-10-14/h2,4,6-8,10,15H,3,5,9,11-13H2,1H3,(H,20,22). The van der Waals surface area contributed by atoms with Gasteiger partial charge in [0.2, 0.25) is 0 Å². The molecule has 1 saturated heterocycles. The van der Waals surface area contributed by atoms with Gasteiger partial charge in [-0.25, -0.2) is 0 Å². The number of nitrogens with zero attached hydrogens (tertiary/aromatic N) is 2. The molecule has 6 nitrogen and oxygen atoms in total. The van der Waals surface area contributed by atoms with Crippen molar-refractivity contribution in [2.75, 3.05) is 20.2 Å². The van der Waals surface area contributed by atoms with Gasteiger partial charge in [0.25, 0.3) is 5.91 Å². The second-order valence-corrected chi connectivity index (χ2v) is 6.11. The van der Waals surface area contributed by atoms with Crippen LogP contribution in [0.25, 0.3) is 0 Å². The summed E-state index contributed by atoms with van der Waals surface area (Å²) in [7, 11) is 1.60. The molecule has 1 atom stereocenters. The molecule has 0 aliphatic carbocycles. The largest absolute Gasteiger partial charge is 0.453 e. The summed E-state index contributed by atoms with van der Waals surface area (Å²) < 4.78 is 10.5. The Morgan fingerprint density at radius 3 is 3.17 bits per heavy atom. The zero-order chi connectivity index (χ0) is 16.8. The quantitative estimate of drug-likeness (QED) is 0.880. The smallest absolute Gasteiger partial charge is 0.287 e. The molecule has 2 aromatic heterocycles. The van der Waals surface area contributed by atoms with Crippen LogP contribution in [0, 0.1) is 0 Å². The molecule has 0 bridgehead atoms. The van der Waals surface area contributed by atoms with Crippen molar-refractivity contribution in [2.45, 2.75) is 32.0 Å². The van der Waals surface area contributed by atoms with Crippen molar-refractivity contribution in [3.8, 4) is 0 Å². The fourth-order valence-corrected chi connectivity index (χ4v) is 3.04. The first kappa shape index (κ1) is 16.7. The molecule has 1 amide bonds. The van der Waals surface area contributed by atoms with Gasteiger partial charge in [-0.1, -0.05) is 6.07 Å². The van der Waals surface area contributed by atoms with Crippen LogP contribution in [-0.4, -0.2) is 42.0 Å². The number of carbonyl (C=O) groups excluding carboxylic acids is 1. The third-order valence-electron chi connectivity index (χ3n) is 4.14. The number of amides is 1. The van der Waals surface area contributed by atoms with E-state index in [1.54, 1.807) is 25.4 Å². The van der Waals surface area contributed by atoms with Crippen LogP contribution in [0.5, 0.6) is 0 Å². The molecular weight excluding hydrogens is 306 g/mol. The molecule has 0 radical (unpaired) electrons. The summed E-state index contributed by atoms with van der Waals surface area (Å²) in [5.41, 5.74) is 1.19. The van der Waals surface area contributed by atoms with Crippen molar-refractivity contribution in [3.05, 3.63) is 53.7 Å². The average molecular weight is 329 g/mol. The van der Waals surface area contributed by atoms with E-state index in [0.717, 1.165) is 32.5 Å². The molecule has 3 rings (SSSR count). The van der Waals surface area contributed by atoms with Crippen LogP contribution in [0.2, 0.25) is 0 Å². The first-order chi connectivity index (χ1) is 11.7. The van der Waals surface area contributed by atoms with Crippen LogP contribution >= 0.6 is 0 Å². The normalized spacial score (nSPS) is 18.5. The van der Waals surface area contributed by atoms with Gasteiger partial charge in [-0.2, -0.15) is 0 Å². The lowest BCUT2D eigenvalue weighted by molar-refractivity contribution is 0.0865. The lowest BCUT2D eigenvalue weighted by Crippen LogP contribution is -2.47. The Morgan fingerprint density at radius 1 is 1.46 bits per heavy atom. The summed E-state index contributed by atoms with van der Waals surface area (Å²) in [5, 5.41) is 3.08. The van der Waals surface area contributed by atoms with Gasteiger partial charge in [0.15, 0.2) is 5.76 Å². The summed E-state index contributed by atoms with van der Waals surface area (Å²) in [5.74, 6) is 0.835. The maximum atomic E-state index is 12.3. The van der Waals surface area contributed by atoms with E-state index in [1.165, 1.54) is 5.56 Å². The van der Waals surface area contributed by atoms with Crippen LogP contribution in [0.4, 0.5) is 0 Å². The van der Waals surface area contributed by atoms with Gasteiger partial charge < -0.3 is 14.5 Å². The van der Waals surface area contributed by atoms with E-state index in [9.17, 15) is 4.79 Å². The molecule has 128 valence electrons. The number of likely N-dealkylation sites (tertiary alicyclic amines) is 1. The number of ether oxygens (including phenoxy) is 1. The number of piperidine rings is 1. The van der Waals surface area contributed by atoms with Crippen molar-refractivity contribution in [1.82, 2.24) is 15.2 Å². The molecule has 0 aromatic carbocycles. The predicted octanol–water partition coefficient (Wildman–Crippen LogP) is 2.22. The summed E-state index contributed by atoms with van der Waals surface area (Å²) in [4.78, 5) is 18.8. The molecule has 6 heteroatoms. The molecule has 3 heterocycles. The Kier molecular flexibility index (Phi) is 5.61. The van der Waals surface area contributed by atoms with E-state index in [-0.39, 0.29) is 11.9 Å².